The van der Waals surface area contributed by atoms with Crippen molar-refractivity contribution < 1.29 is 18.7 Å². The third kappa shape index (κ3) is 3.86. The second-order valence-electron chi connectivity index (χ2n) is 7.82. The lowest BCUT2D eigenvalue weighted by molar-refractivity contribution is 0.0697. The van der Waals surface area contributed by atoms with Crippen LogP contribution in [0.3, 0.4) is 0 Å². The summed E-state index contributed by atoms with van der Waals surface area (Å²) in [6.45, 7) is 0.202. The van der Waals surface area contributed by atoms with Crippen LogP contribution in [-0.2, 0) is 6.54 Å². The van der Waals surface area contributed by atoms with Crippen LogP contribution in [0.1, 0.15) is 40.2 Å². The van der Waals surface area contributed by atoms with Crippen LogP contribution in [-0.4, -0.2) is 20.6 Å². The number of hydrogen-bond donors (Lipinski definition) is 2. The van der Waals surface area contributed by atoms with E-state index >= 15 is 0 Å². The lowest BCUT2D eigenvalue weighted by Crippen LogP contribution is -2.06. The van der Waals surface area contributed by atoms with Crippen LogP contribution < -0.4 is 5.32 Å². The molecular formula is C24H19F2N3O2. The Bertz CT molecular complexity index is 1310. The molecule has 0 aliphatic heterocycles. The molecule has 0 spiro atoms. The fourth-order valence-electron chi connectivity index (χ4n) is 3.78. The van der Waals surface area contributed by atoms with Gasteiger partial charge < -0.3 is 15.0 Å². The lowest BCUT2D eigenvalue weighted by Gasteiger charge is -2.11. The van der Waals surface area contributed by atoms with Crippen LogP contribution in [0.25, 0.3) is 10.9 Å². The first-order valence-corrected chi connectivity index (χ1v) is 10.0. The maximum Gasteiger partial charge on any atom is 0.339 e. The van der Waals surface area contributed by atoms with Gasteiger partial charge in [0.15, 0.2) is 0 Å². The van der Waals surface area contributed by atoms with E-state index in [1.165, 1.54) is 6.07 Å². The molecule has 0 saturated heterocycles. The minimum atomic E-state index is -1.03. The molecule has 1 fully saturated rings. The Hall–Kier alpha value is -3.74. The van der Waals surface area contributed by atoms with Crippen molar-refractivity contribution in [1.29, 1.82) is 0 Å². The number of nitrogens with one attached hydrogen (secondary N) is 1. The second kappa shape index (κ2) is 7.50. The van der Waals surface area contributed by atoms with E-state index in [-0.39, 0.29) is 23.5 Å². The highest BCUT2D eigenvalue weighted by atomic mass is 19.1. The van der Waals surface area contributed by atoms with Gasteiger partial charge in [0.2, 0.25) is 0 Å². The summed E-state index contributed by atoms with van der Waals surface area (Å²) in [5, 5.41) is 13.6. The Morgan fingerprint density at radius 2 is 1.97 bits per heavy atom. The van der Waals surface area contributed by atoms with E-state index in [1.807, 2.05) is 35.0 Å². The van der Waals surface area contributed by atoms with Crippen molar-refractivity contribution >= 4 is 28.4 Å². The number of aromatic carboxylic acids is 1. The maximum absolute atomic E-state index is 14.0. The van der Waals surface area contributed by atoms with Gasteiger partial charge in [0.25, 0.3) is 0 Å². The van der Waals surface area contributed by atoms with Crippen LogP contribution in [0.4, 0.5) is 20.3 Å². The molecule has 0 unspecified atom stereocenters. The largest absolute Gasteiger partial charge is 0.478 e. The number of hydrogen-bond acceptors (Lipinski definition) is 3. The zero-order valence-electron chi connectivity index (χ0n) is 16.5. The number of anilines is 2. The van der Waals surface area contributed by atoms with Crippen molar-refractivity contribution in [2.45, 2.75) is 25.3 Å². The first kappa shape index (κ1) is 19.2. The fraction of sp³-hybridized carbons (Fsp3) is 0.167. The van der Waals surface area contributed by atoms with E-state index in [0.29, 0.717) is 11.6 Å². The smallest absolute Gasteiger partial charge is 0.339 e. The van der Waals surface area contributed by atoms with Crippen molar-refractivity contribution in [1.82, 2.24) is 9.55 Å². The molecule has 5 rings (SSSR count). The summed E-state index contributed by atoms with van der Waals surface area (Å²) < 4.78 is 29.3. The Morgan fingerprint density at radius 3 is 2.74 bits per heavy atom. The molecule has 0 amide bonds. The SMILES string of the molecule is O=C(O)c1cc(C2CC2)cnc1Nc1ccc2c(ccn2Cc2cc(F)ccc2F)c1. The molecule has 7 heteroatoms. The number of carboxylic acids is 1. The highest BCUT2D eigenvalue weighted by Crippen LogP contribution is 2.40. The first-order valence-electron chi connectivity index (χ1n) is 10.0. The molecule has 1 aliphatic rings. The molecule has 31 heavy (non-hydrogen) atoms. The Labute approximate surface area is 177 Å². The molecule has 2 aromatic heterocycles. The van der Waals surface area contributed by atoms with Crippen LogP contribution in [0.2, 0.25) is 0 Å². The second-order valence-corrected chi connectivity index (χ2v) is 7.82. The lowest BCUT2D eigenvalue weighted by atomic mass is 10.1. The van der Waals surface area contributed by atoms with E-state index in [2.05, 4.69) is 10.3 Å². The molecule has 5 nitrogen and oxygen atoms in total. The van der Waals surface area contributed by atoms with E-state index in [9.17, 15) is 18.7 Å². The summed E-state index contributed by atoms with van der Waals surface area (Å²) in [5.41, 5.74) is 2.91. The van der Waals surface area contributed by atoms with Crippen LogP contribution in [0, 0.1) is 11.6 Å². The van der Waals surface area contributed by atoms with E-state index in [4.69, 9.17) is 0 Å². The molecule has 2 heterocycles. The van der Waals surface area contributed by atoms with E-state index in [0.717, 1.165) is 41.4 Å². The monoisotopic (exact) mass is 419 g/mol. The number of halogens is 2. The summed E-state index contributed by atoms with van der Waals surface area (Å²) in [6, 6.07) is 12.5. The third-order valence-corrected chi connectivity index (χ3v) is 5.57. The Kier molecular flexibility index (Phi) is 4.66. The summed E-state index contributed by atoms with van der Waals surface area (Å²) in [7, 11) is 0. The van der Waals surface area contributed by atoms with Gasteiger partial charge in [0.1, 0.15) is 23.0 Å². The van der Waals surface area contributed by atoms with Crippen LogP contribution in [0.5, 0.6) is 0 Å². The van der Waals surface area contributed by atoms with Gasteiger partial charge in [-0.1, -0.05) is 0 Å². The molecule has 0 radical (unpaired) electrons. The van der Waals surface area contributed by atoms with Gasteiger partial charge in [-0.25, -0.2) is 18.6 Å². The van der Waals surface area contributed by atoms with Gasteiger partial charge >= 0.3 is 5.97 Å². The Balaban J connectivity index is 1.42. The number of nitrogens with zero attached hydrogens (tertiary/aromatic N) is 2. The number of aromatic nitrogens is 2. The summed E-state index contributed by atoms with van der Waals surface area (Å²) in [6.07, 6.45) is 5.68. The van der Waals surface area contributed by atoms with Gasteiger partial charge in [0, 0.05) is 34.5 Å². The minimum absolute atomic E-state index is 0.142. The zero-order chi connectivity index (χ0) is 21.5. The molecule has 0 bridgehead atoms. The quantitative estimate of drug-likeness (QED) is 0.422. The average molecular weight is 419 g/mol. The van der Waals surface area contributed by atoms with Crippen molar-refractivity contribution in [3.8, 4) is 0 Å². The number of benzene rings is 2. The van der Waals surface area contributed by atoms with Gasteiger partial charge in [-0.05, 0) is 72.9 Å². The van der Waals surface area contributed by atoms with Crippen molar-refractivity contribution in [2.24, 2.45) is 0 Å². The topological polar surface area (TPSA) is 67.2 Å². The maximum atomic E-state index is 14.0. The third-order valence-electron chi connectivity index (χ3n) is 5.57. The van der Waals surface area contributed by atoms with E-state index < -0.39 is 17.6 Å². The molecule has 156 valence electrons. The van der Waals surface area contributed by atoms with Gasteiger partial charge in [0.05, 0.1) is 6.54 Å². The molecular weight excluding hydrogens is 400 g/mol. The van der Waals surface area contributed by atoms with Crippen molar-refractivity contribution in [3.63, 3.8) is 0 Å². The molecule has 2 aromatic carbocycles. The van der Waals surface area contributed by atoms with Crippen LogP contribution in [0.15, 0.2) is 60.9 Å². The zero-order valence-corrected chi connectivity index (χ0v) is 16.5. The fourth-order valence-corrected chi connectivity index (χ4v) is 3.78. The van der Waals surface area contributed by atoms with Gasteiger partial charge in [-0.2, -0.15) is 0 Å². The molecule has 1 aliphatic carbocycles. The summed E-state index contributed by atoms with van der Waals surface area (Å²) >= 11 is 0. The molecule has 1 saturated carbocycles. The van der Waals surface area contributed by atoms with Gasteiger partial charge in [-0.15, -0.1) is 0 Å². The molecule has 2 N–H and O–H groups in total. The average Bonchev–Trinajstić information content (AvgIpc) is 3.53. The normalized spacial score (nSPS) is 13.5. The number of rotatable bonds is 6. The van der Waals surface area contributed by atoms with Crippen LogP contribution >= 0.6 is 0 Å². The highest BCUT2D eigenvalue weighted by molar-refractivity contribution is 5.94. The number of carboxylic acid groups (broad SMARTS) is 1. The minimum Gasteiger partial charge on any atom is -0.478 e. The van der Waals surface area contributed by atoms with E-state index in [1.54, 1.807) is 12.3 Å². The summed E-state index contributed by atoms with van der Waals surface area (Å²) in [5.74, 6) is -1.25. The summed E-state index contributed by atoms with van der Waals surface area (Å²) in [4.78, 5) is 16.0. The first-order chi connectivity index (χ1) is 15.0. The van der Waals surface area contributed by atoms with Crippen molar-refractivity contribution in [2.75, 3.05) is 5.32 Å². The van der Waals surface area contributed by atoms with Crippen molar-refractivity contribution in [3.05, 3.63) is 89.2 Å². The Morgan fingerprint density at radius 1 is 1.13 bits per heavy atom. The highest BCUT2D eigenvalue weighted by Gasteiger charge is 2.26. The predicted octanol–water partition coefficient (Wildman–Crippen LogP) is 5.68. The number of pyridine rings is 1. The van der Waals surface area contributed by atoms with Gasteiger partial charge in [-0.3, -0.25) is 0 Å². The number of carbonyl (C=O) groups is 1. The predicted molar refractivity (Wildman–Crippen MR) is 114 cm³/mol. The number of fused-ring (bicyclic) bond motifs is 1. The molecule has 0 atom stereocenters. The standard InChI is InChI=1S/C24H19F2N3O2/c25-18-3-5-21(26)17(9-18)13-29-8-7-15-10-19(4-6-22(15)29)28-23-20(24(30)31)11-16(12-27-23)14-1-2-14/h3-12,14H,1-2,13H2,(H,27,28)(H,30,31). The molecule has 4 aromatic rings.